The van der Waals surface area contributed by atoms with Crippen molar-refractivity contribution in [1.82, 2.24) is 24.7 Å². The molecule has 4 rings (SSSR count). The molecule has 0 spiro atoms. The summed E-state index contributed by atoms with van der Waals surface area (Å²) < 4.78 is 14.5. The lowest BCUT2D eigenvalue weighted by molar-refractivity contribution is -0.135. The van der Waals surface area contributed by atoms with Gasteiger partial charge in [0, 0.05) is 52.8 Å². The number of benzene rings is 1. The van der Waals surface area contributed by atoms with Gasteiger partial charge in [-0.25, -0.2) is 4.79 Å². The molecule has 2 saturated heterocycles. The van der Waals surface area contributed by atoms with E-state index in [1.807, 2.05) is 18.2 Å². The summed E-state index contributed by atoms with van der Waals surface area (Å²) in [5.74, 6) is -0.708. The van der Waals surface area contributed by atoms with E-state index in [1.54, 1.807) is 11.6 Å². The number of aryl methyl sites for hydroxylation is 2. The molecule has 2 aromatic rings. The number of nitrogens with one attached hydrogen (secondary N) is 2. The fourth-order valence-electron chi connectivity index (χ4n) is 4.77. The van der Waals surface area contributed by atoms with Crippen molar-refractivity contribution in [1.29, 1.82) is 0 Å². The maximum absolute atomic E-state index is 13.0. The average Bonchev–Trinajstić information content (AvgIpc) is 3.09. The van der Waals surface area contributed by atoms with E-state index in [1.165, 1.54) is 4.57 Å². The highest BCUT2D eigenvalue weighted by atomic mass is 16.5. The standard InChI is InChI=1S/C24H35N5O5/c1-27-22-18(5-3-14-33-16-17-34-15-13-28-11-9-25-10-12-28)4-2-6-19(22)29(24(27)32)20-7-8-21(30)26-23(20)31/h2,4,6,20,25H,3,5,7-17H2,1H3,(H,26,30,31). The molecule has 1 aromatic heterocycles. The first kappa shape index (κ1) is 24.6. The summed E-state index contributed by atoms with van der Waals surface area (Å²) in [6, 6.07) is 5.11. The van der Waals surface area contributed by atoms with Gasteiger partial charge in [-0.05, 0) is 30.9 Å². The zero-order valence-electron chi connectivity index (χ0n) is 19.9. The quantitative estimate of drug-likeness (QED) is 0.354. The lowest BCUT2D eigenvalue weighted by Crippen LogP contribution is -2.44. The molecule has 2 fully saturated rings. The third-order valence-corrected chi connectivity index (χ3v) is 6.58. The second kappa shape index (κ2) is 11.7. The molecular formula is C24H35N5O5. The number of ether oxygens (including phenoxy) is 2. The summed E-state index contributed by atoms with van der Waals surface area (Å²) in [5.41, 5.74) is 2.34. The highest BCUT2D eigenvalue weighted by Crippen LogP contribution is 2.25. The largest absolute Gasteiger partial charge is 0.379 e. The van der Waals surface area contributed by atoms with Crippen LogP contribution in [-0.2, 0) is 32.5 Å². The van der Waals surface area contributed by atoms with Crippen molar-refractivity contribution >= 4 is 22.8 Å². The topological polar surface area (TPSA) is 107 Å². The van der Waals surface area contributed by atoms with Crippen molar-refractivity contribution in [3.8, 4) is 0 Å². The number of para-hydroxylation sites is 1. The maximum Gasteiger partial charge on any atom is 0.329 e. The molecule has 1 aromatic carbocycles. The van der Waals surface area contributed by atoms with Gasteiger partial charge in [0.05, 0.1) is 30.9 Å². The Hall–Kier alpha value is -2.53. The zero-order valence-corrected chi connectivity index (χ0v) is 19.9. The number of piperazine rings is 1. The SMILES string of the molecule is Cn1c(=O)n(C2CCC(=O)NC2=O)c2cccc(CCCOCCOCCN3CCNCC3)c21. The summed E-state index contributed by atoms with van der Waals surface area (Å²) in [6.45, 7) is 7.70. The van der Waals surface area contributed by atoms with Gasteiger partial charge in [0.1, 0.15) is 6.04 Å². The van der Waals surface area contributed by atoms with Crippen molar-refractivity contribution in [2.75, 3.05) is 59.2 Å². The fraction of sp³-hybridized carbons (Fsp3) is 0.625. The van der Waals surface area contributed by atoms with Crippen LogP contribution in [0.15, 0.2) is 23.0 Å². The molecule has 2 aliphatic rings. The van der Waals surface area contributed by atoms with E-state index in [0.717, 1.165) is 68.8 Å². The number of imidazole rings is 1. The second-order valence-electron chi connectivity index (χ2n) is 8.88. The van der Waals surface area contributed by atoms with E-state index in [9.17, 15) is 14.4 Å². The number of imide groups is 1. The molecule has 1 atom stereocenters. The van der Waals surface area contributed by atoms with Crippen LogP contribution in [0.2, 0.25) is 0 Å². The van der Waals surface area contributed by atoms with Gasteiger partial charge in [-0.1, -0.05) is 12.1 Å². The van der Waals surface area contributed by atoms with E-state index in [-0.39, 0.29) is 18.0 Å². The molecule has 0 saturated carbocycles. The first-order chi connectivity index (χ1) is 16.6. The maximum atomic E-state index is 13.0. The van der Waals surface area contributed by atoms with Gasteiger partial charge in [-0.2, -0.15) is 0 Å². The van der Waals surface area contributed by atoms with Gasteiger partial charge in [0.2, 0.25) is 11.8 Å². The Morgan fingerprint density at radius 3 is 2.56 bits per heavy atom. The third kappa shape index (κ3) is 5.75. The van der Waals surface area contributed by atoms with Crippen LogP contribution in [0.5, 0.6) is 0 Å². The van der Waals surface area contributed by atoms with Crippen LogP contribution in [0.25, 0.3) is 11.0 Å². The highest BCUT2D eigenvalue weighted by Gasteiger charge is 2.31. The van der Waals surface area contributed by atoms with Crippen molar-refractivity contribution in [3.05, 3.63) is 34.2 Å². The number of amides is 2. The number of rotatable bonds is 11. The monoisotopic (exact) mass is 473 g/mol. The Bertz CT molecular complexity index is 1060. The van der Waals surface area contributed by atoms with Gasteiger partial charge >= 0.3 is 5.69 Å². The fourth-order valence-corrected chi connectivity index (χ4v) is 4.77. The summed E-state index contributed by atoms with van der Waals surface area (Å²) in [4.78, 5) is 39.3. The number of fused-ring (bicyclic) bond motifs is 1. The molecule has 3 heterocycles. The van der Waals surface area contributed by atoms with E-state index in [4.69, 9.17) is 9.47 Å². The normalized spacial score (nSPS) is 19.6. The van der Waals surface area contributed by atoms with Crippen LogP contribution < -0.4 is 16.3 Å². The van der Waals surface area contributed by atoms with Crippen LogP contribution in [0.4, 0.5) is 0 Å². The number of carbonyl (C=O) groups excluding carboxylic acids is 2. The molecule has 34 heavy (non-hydrogen) atoms. The molecule has 10 heteroatoms. The Morgan fingerprint density at radius 2 is 1.79 bits per heavy atom. The molecular weight excluding hydrogens is 438 g/mol. The van der Waals surface area contributed by atoms with Crippen LogP contribution in [-0.4, -0.2) is 85.0 Å². The molecule has 0 radical (unpaired) electrons. The number of aromatic nitrogens is 2. The van der Waals surface area contributed by atoms with Crippen LogP contribution in [0, 0.1) is 0 Å². The predicted octanol–water partition coefficient (Wildman–Crippen LogP) is 0.189. The first-order valence-electron chi connectivity index (χ1n) is 12.2. The second-order valence-corrected chi connectivity index (χ2v) is 8.88. The molecule has 2 amide bonds. The van der Waals surface area contributed by atoms with Crippen molar-refractivity contribution < 1.29 is 19.1 Å². The molecule has 2 aliphatic heterocycles. The van der Waals surface area contributed by atoms with Crippen LogP contribution >= 0.6 is 0 Å². The highest BCUT2D eigenvalue weighted by molar-refractivity contribution is 6.00. The zero-order chi connectivity index (χ0) is 23.9. The number of piperidine rings is 1. The molecule has 1 unspecified atom stereocenters. The number of hydrogen-bond donors (Lipinski definition) is 2. The Kier molecular flexibility index (Phi) is 8.49. The first-order valence-corrected chi connectivity index (χ1v) is 12.2. The number of carbonyl (C=O) groups is 2. The number of nitrogens with zero attached hydrogens (tertiary/aromatic N) is 3. The molecule has 2 N–H and O–H groups in total. The Morgan fingerprint density at radius 1 is 1.03 bits per heavy atom. The van der Waals surface area contributed by atoms with Crippen LogP contribution in [0.1, 0.15) is 30.9 Å². The average molecular weight is 474 g/mol. The van der Waals surface area contributed by atoms with Gasteiger partial charge in [0.15, 0.2) is 0 Å². The van der Waals surface area contributed by atoms with Crippen molar-refractivity contribution in [2.45, 2.75) is 31.7 Å². The van der Waals surface area contributed by atoms with Gasteiger partial charge in [0.25, 0.3) is 0 Å². The molecule has 0 aliphatic carbocycles. The van der Waals surface area contributed by atoms with Gasteiger partial charge in [-0.15, -0.1) is 0 Å². The van der Waals surface area contributed by atoms with Crippen molar-refractivity contribution in [3.63, 3.8) is 0 Å². The van der Waals surface area contributed by atoms with E-state index < -0.39 is 11.9 Å². The molecule has 186 valence electrons. The third-order valence-electron chi connectivity index (χ3n) is 6.58. The van der Waals surface area contributed by atoms with E-state index in [2.05, 4.69) is 15.5 Å². The van der Waals surface area contributed by atoms with E-state index >= 15 is 0 Å². The minimum atomic E-state index is -0.668. The lowest BCUT2D eigenvalue weighted by atomic mass is 10.0. The summed E-state index contributed by atoms with van der Waals surface area (Å²) in [6.07, 6.45) is 2.14. The summed E-state index contributed by atoms with van der Waals surface area (Å²) in [5, 5.41) is 5.69. The predicted molar refractivity (Wildman–Crippen MR) is 128 cm³/mol. The minimum absolute atomic E-state index is 0.232. The lowest BCUT2D eigenvalue weighted by Gasteiger charge is -2.26. The smallest absolute Gasteiger partial charge is 0.329 e. The van der Waals surface area contributed by atoms with E-state index in [0.29, 0.717) is 26.2 Å². The Balaban J connectivity index is 1.25. The minimum Gasteiger partial charge on any atom is -0.379 e. The Labute approximate surface area is 199 Å². The van der Waals surface area contributed by atoms with Gasteiger partial charge in [-0.3, -0.25) is 28.9 Å². The van der Waals surface area contributed by atoms with Crippen LogP contribution in [0.3, 0.4) is 0 Å². The summed E-state index contributed by atoms with van der Waals surface area (Å²) >= 11 is 0. The summed E-state index contributed by atoms with van der Waals surface area (Å²) in [7, 11) is 1.73. The van der Waals surface area contributed by atoms with Crippen molar-refractivity contribution in [2.24, 2.45) is 7.05 Å². The molecule has 10 nitrogen and oxygen atoms in total. The number of hydrogen-bond acceptors (Lipinski definition) is 7. The molecule has 0 bridgehead atoms. The van der Waals surface area contributed by atoms with Gasteiger partial charge < -0.3 is 14.8 Å².